The molecule has 1 aromatic rings. The van der Waals surface area contributed by atoms with Crippen LogP contribution in [0.3, 0.4) is 0 Å². The molecule has 0 aliphatic carbocycles. The molecule has 1 heterocycles. The van der Waals surface area contributed by atoms with Crippen molar-refractivity contribution in [3.63, 3.8) is 0 Å². The van der Waals surface area contributed by atoms with Gasteiger partial charge in [0.25, 0.3) is 5.91 Å². The number of benzene rings is 1. The van der Waals surface area contributed by atoms with E-state index in [0.717, 1.165) is 19.3 Å². The number of hydrogen-bond acceptors (Lipinski definition) is 4. The molecule has 1 fully saturated rings. The normalized spacial score (nSPS) is 16.0. The number of hydrogen-bond donors (Lipinski definition) is 1. The van der Waals surface area contributed by atoms with Gasteiger partial charge in [-0.25, -0.2) is 4.39 Å². The zero-order valence-corrected chi connectivity index (χ0v) is 19.2. The van der Waals surface area contributed by atoms with Gasteiger partial charge in [-0.05, 0) is 30.7 Å². The number of piperazine rings is 1. The molecule has 178 valence electrons. The van der Waals surface area contributed by atoms with E-state index in [0.29, 0.717) is 19.7 Å². The Bertz CT molecular complexity index is 723. The third-order valence-corrected chi connectivity index (χ3v) is 5.80. The summed E-state index contributed by atoms with van der Waals surface area (Å²) in [6.07, 6.45) is 11.8. The minimum absolute atomic E-state index is 0.184. The summed E-state index contributed by atoms with van der Waals surface area (Å²) >= 11 is 0. The summed E-state index contributed by atoms with van der Waals surface area (Å²) in [7, 11) is 0. The minimum atomic E-state index is -0.915. The first-order valence-electron chi connectivity index (χ1n) is 12.0. The fourth-order valence-electron chi connectivity index (χ4n) is 3.91. The van der Waals surface area contributed by atoms with Gasteiger partial charge in [0.2, 0.25) is 5.91 Å². The van der Waals surface area contributed by atoms with E-state index in [-0.39, 0.29) is 17.9 Å². The maximum atomic E-state index is 13.1. The van der Waals surface area contributed by atoms with Crippen LogP contribution in [0.1, 0.15) is 87.9 Å². The van der Waals surface area contributed by atoms with Gasteiger partial charge in [0.15, 0.2) is 0 Å². The van der Waals surface area contributed by atoms with Crippen molar-refractivity contribution in [2.24, 2.45) is 0 Å². The van der Waals surface area contributed by atoms with E-state index in [1.807, 2.05) is 0 Å². The predicted molar refractivity (Wildman–Crippen MR) is 122 cm³/mol. The number of esters is 1. The van der Waals surface area contributed by atoms with Crippen LogP contribution in [-0.4, -0.2) is 48.4 Å². The quantitative estimate of drug-likeness (QED) is 0.333. The predicted octanol–water partition coefficient (Wildman–Crippen LogP) is 4.62. The van der Waals surface area contributed by atoms with Crippen molar-refractivity contribution in [3.8, 4) is 0 Å². The van der Waals surface area contributed by atoms with E-state index >= 15 is 0 Å². The van der Waals surface area contributed by atoms with Crippen LogP contribution in [0, 0.1) is 5.82 Å². The van der Waals surface area contributed by atoms with Gasteiger partial charge in [-0.2, -0.15) is 0 Å². The highest BCUT2D eigenvalue weighted by Crippen LogP contribution is 2.16. The largest absolute Gasteiger partial charge is 0.466 e. The molecule has 1 aromatic carbocycles. The lowest BCUT2D eigenvalue weighted by atomic mass is 10.1. The standard InChI is InChI=1S/C25H37FN2O4/c1-2-3-4-5-6-7-8-9-10-11-18-32-23(29)19-22-24(30)27-16-17-28(22)25(31)20-12-14-21(26)15-13-20/h12-15,22H,2-11,16-19H2,1H3,(H,27,30). The van der Waals surface area contributed by atoms with Gasteiger partial charge in [-0.15, -0.1) is 0 Å². The molecule has 32 heavy (non-hydrogen) atoms. The van der Waals surface area contributed by atoms with Gasteiger partial charge in [0, 0.05) is 18.7 Å². The Hall–Kier alpha value is -2.44. The van der Waals surface area contributed by atoms with Crippen molar-refractivity contribution < 1.29 is 23.5 Å². The smallest absolute Gasteiger partial charge is 0.308 e. The van der Waals surface area contributed by atoms with Crippen molar-refractivity contribution in [1.82, 2.24) is 10.2 Å². The molecule has 0 bridgehead atoms. The van der Waals surface area contributed by atoms with E-state index in [4.69, 9.17) is 4.74 Å². The number of unbranched alkanes of at least 4 members (excludes halogenated alkanes) is 9. The van der Waals surface area contributed by atoms with Crippen LogP contribution in [0.4, 0.5) is 4.39 Å². The van der Waals surface area contributed by atoms with E-state index in [2.05, 4.69) is 12.2 Å². The van der Waals surface area contributed by atoms with E-state index < -0.39 is 23.7 Å². The van der Waals surface area contributed by atoms with Crippen LogP contribution in [0.2, 0.25) is 0 Å². The summed E-state index contributed by atoms with van der Waals surface area (Å²) in [6.45, 7) is 3.16. The summed E-state index contributed by atoms with van der Waals surface area (Å²) in [5, 5.41) is 2.69. The van der Waals surface area contributed by atoms with E-state index in [1.54, 1.807) is 0 Å². The van der Waals surface area contributed by atoms with Crippen LogP contribution in [0.25, 0.3) is 0 Å². The molecule has 1 aliphatic rings. The van der Waals surface area contributed by atoms with Gasteiger partial charge < -0.3 is 15.0 Å². The second-order valence-corrected chi connectivity index (χ2v) is 8.42. The Morgan fingerprint density at radius 2 is 1.59 bits per heavy atom. The lowest BCUT2D eigenvalue weighted by Gasteiger charge is -2.34. The molecular formula is C25H37FN2O4. The maximum absolute atomic E-state index is 13.1. The SMILES string of the molecule is CCCCCCCCCCCCOC(=O)CC1C(=O)NCCN1C(=O)c1ccc(F)cc1. The van der Waals surface area contributed by atoms with Crippen molar-refractivity contribution >= 4 is 17.8 Å². The highest BCUT2D eigenvalue weighted by atomic mass is 19.1. The molecule has 0 spiro atoms. The molecule has 1 saturated heterocycles. The van der Waals surface area contributed by atoms with E-state index in [1.165, 1.54) is 74.1 Å². The van der Waals surface area contributed by atoms with Crippen molar-refractivity contribution in [2.45, 2.75) is 83.6 Å². The second-order valence-electron chi connectivity index (χ2n) is 8.42. The number of ether oxygens (including phenoxy) is 1. The first-order valence-corrected chi connectivity index (χ1v) is 12.0. The molecule has 6 nitrogen and oxygen atoms in total. The second kappa shape index (κ2) is 14.6. The van der Waals surface area contributed by atoms with Gasteiger partial charge in [-0.3, -0.25) is 14.4 Å². The molecule has 0 radical (unpaired) electrons. The fraction of sp³-hybridized carbons (Fsp3) is 0.640. The molecule has 0 saturated carbocycles. The lowest BCUT2D eigenvalue weighted by Crippen LogP contribution is -2.57. The summed E-state index contributed by atoms with van der Waals surface area (Å²) in [5.74, 6) is -1.69. The molecule has 2 rings (SSSR count). The van der Waals surface area contributed by atoms with Gasteiger partial charge in [0.05, 0.1) is 13.0 Å². The first kappa shape index (κ1) is 25.8. The summed E-state index contributed by atoms with van der Waals surface area (Å²) in [6, 6.07) is 4.25. The Balaban J connectivity index is 1.68. The van der Waals surface area contributed by atoms with Crippen molar-refractivity contribution in [2.75, 3.05) is 19.7 Å². The van der Waals surface area contributed by atoms with Crippen LogP contribution >= 0.6 is 0 Å². The van der Waals surface area contributed by atoms with Crippen LogP contribution in [-0.2, 0) is 14.3 Å². The zero-order chi connectivity index (χ0) is 23.2. The Morgan fingerprint density at radius 1 is 1.00 bits per heavy atom. The molecule has 7 heteroatoms. The molecule has 2 amide bonds. The van der Waals surface area contributed by atoms with Gasteiger partial charge >= 0.3 is 5.97 Å². The molecule has 1 atom stereocenters. The topological polar surface area (TPSA) is 75.7 Å². The molecule has 1 N–H and O–H groups in total. The number of nitrogens with one attached hydrogen (secondary N) is 1. The molecule has 0 aromatic heterocycles. The van der Waals surface area contributed by atoms with Crippen LogP contribution in [0.5, 0.6) is 0 Å². The molecule has 1 unspecified atom stereocenters. The number of carbonyl (C=O) groups excluding carboxylic acids is 3. The third-order valence-electron chi connectivity index (χ3n) is 5.80. The summed E-state index contributed by atoms with van der Waals surface area (Å²) < 4.78 is 18.5. The Kier molecular flexibility index (Phi) is 11.8. The molecular weight excluding hydrogens is 411 g/mol. The van der Waals surface area contributed by atoms with Crippen LogP contribution in [0.15, 0.2) is 24.3 Å². The summed E-state index contributed by atoms with van der Waals surface area (Å²) in [5.41, 5.74) is 0.282. The third kappa shape index (κ3) is 8.97. The fourth-order valence-corrected chi connectivity index (χ4v) is 3.91. The number of carbonyl (C=O) groups is 3. The van der Waals surface area contributed by atoms with Crippen molar-refractivity contribution in [3.05, 3.63) is 35.6 Å². The Labute approximate surface area is 190 Å². The average molecular weight is 449 g/mol. The number of nitrogens with zero attached hydrogens (tertiary/aromatic N) is 1. The monoisotopic (exact) mass is 448 g/mol. The highest BCUT2D eigenvalue weighted by molar-refractivity contribution is 5.99. The highest BCUT2D eigenvalue weighted by Gasteiger charge is 2.35. The van der Waals surface area contributed by atoms with Gasteiger partial charge in [0.1, 0.15) is 11.9 Å². The lowest BCUT2D eigenvalue weighted by molar-refractivity contribution is -0.147. The van der Waals surface area contributed by atoms with E-state index in [9.17, 15) is 18.8 Å². The number of rotatable bonds is 14. The maximum Gasteiger partial charge on any atom is 0.308 e. The van der Waals surface area contributed by atoms with Crippen molar-refractivity contribution in [1.29, 1.82) is 0 Å². The number of amides is 2. The zero-order valence-electron chi connectivity index (χ0n) is 19.2. The summed E-state index contributed by atoms with van der Waals surface area (Å²) in [4.78, 5) is 38.7. The molecule has 1 aliphatic heterocycles. The van der Waals surface area contributed by atoms with Gasteiger partial charge in [-0.1, -0.05) is 64.7 Å². The Morgan fingerprint density at radius 3 is 2.22 bits per heavy atom. The average Bonchev–Trinajstić information content (AvgIpc) is 2.79. The number of halogens is 1. The first-order chi connectivity index (χ1) is 15.5. The van der Waals surface area contributed by atoms with Crippen LogP contribution < -0.4 is 5.32 Å². The minimum Gasteiger partial charge on any atom is -0.466 e.